The predicted molar refractivity (Wildman–Crippen MR) is 108 cm³/mol. The first-order chi connectivity index (χ1) is 13.6. The van der Waals surface area contributed by atoms with E-state index in [1.807, 2.05) is 12.1 Å². The van der Waals surface area contributed by atoms with Gasteiger partial charge in [-0.1, -0.05) is 49.7 Å². The topological polar surface area (TPSA) is 81.7 Å². The van der Waals surface area contributed by atoms with Crippen molar-refractivity contribution in [2.75, 3.05) is 13.1 Å². The number of carbonyl (C=O) groups excluding carboxylic acids is 2. The van der Waals surface area contributed by atoms with Crippen LogP contribution in [-0.2, 0) is 6.42 Å². The summed E-state index contributed by atoms with van der Waals surface area (Å²) in [4.78, 5) is 23.9. The molecule has 28 heavy (non-hydrogen) atoms. The molecule has 2 aromatic carbocycles. The average molecular weight is 381 g/mol. The quantitative estimate of drug-likeness (QED) is 0.483. The smallest absolute Gasteiger partial charge is 0.341 e. The number of hydrogen-bond donors (Lipinski definition) is 3. The number of hydrogen-bond acceptors (Lipinski definition) is 3. The van der Waals surface area contributed by atoms with Gasteiger partial charge in [-0.05, 0) is 48.1 Å². The van der Waals surface area contributed by atoms with Crippen molar-refractivity contribution in [1.29, 1.82) is 0 Å². The Morgan fingerprint density at radius 3 is 2.21 bits per heavy atom. The molecule has 1 aliphatic carbocycles. The summed E-state index contributed by atoms with van der Waals surface area (Å²) in [5.74, 6) is -0.235. The lowest BCUT2D eigenvalue weighted by Gasteiger charge is -2.16. The Morgan fingerprint density at radius 2 is 1.64 bits per heavy atom. The molecule has 0 aromatic heterocycles. The summed E-state index contributed by atoms with van der Waals surface area (Å²) in [6, 6.07) is 15.5. The number of nitrogens with zero attached hydrogens (tertiary/aromatic N) is 1. The van der Waals surface area contributed by atoms with Crippen molar-refractivity contribution in [3.05, 3.63) is 59.7 Å². The lowest BCUT2D eigenvalue weighted by molar-refractivity contribution is -0.0416. The average Bonchev–Trinajstić information content (AvgIpc) is 3.53. The van der Waals surface area contributed by atoms with Gasteiger partial charge in [-0.15, -0.1) is 0 Å². The van der Waals surface area contributed by atoms with E-state index < -0.39 is 6.03 Å². The highest BCUT2D eigenvalue weighted by Crippen LogP contribution is 2.21. The molecule has 0 radical (unpaired) electrons. The second-order valence-corrected chi connectivity index (χ2v) is 7.13. The van der Waals surface area contributed by atoms with Gasteiger partial charge in [0.25, 0.3) is 5.91 Å². The van der Waals surface area contributed by atoms with Crippen LogP contribution in [0.1, 0.15) is 42.1 Å². The second kappa shape index (κ2) is 9.37. The summed E-state index contributed by atoms with van der Waals surface area (Å²) in [5.41, 5.74) is 4.03. The van der Waals surface area contributed by atoms with Crippen LogP contribution in [0.3, 0.4) is 0 Å². The fourth-order valence-electron chi connectivity index (χ4n) is 2.92. The van der Waals surface area contributed by atoms with Crippen LogP contribution in [0.4, 0.5) is 4.79 Å². The summed E-state index contributed by atoms with van der Waals surface area (Å²) in [5, 5.41) is 15.7. The van der Waals surface area contributed by atoms with Crippen molar-refractivity contribution in [3.63, 3.8) is 0 Å². The van der Waals surface area contributed by atoms with Gasteiger partial charge in [-0.25, -0.2) is 9.86 Å². The Labute approximate surface area is 165 Å². The van der Waals surface area contributed by atoms with Gasteiger partial charge in [0.05, 0.1) is 6.54 Å². The molecular formula is C22H27N3O3. The molecule has 0 spiro atoms. The Kier molecular flexibility index (Phi) is 6.66. The standard InChI is InChI=1S/C22H27N3O3/c1-2-3-16-4-6-17(7-5-16)18-8-10-19(11-9-18)21(26)23-14-15-25(28)22(27)24-20-12-13-20/h4-11,20,28H,2-3,12-15H2,1H3,(H,23,26)(H,24,27). The third-order valence-corrected chi connectivity index (χ3v) is 4.72. The van der Waals surface area contributed by atoms with E-state index in [1.54, 1.807) is 12.1 Å². The zero-order chi connectivity index (χ0) is 19.9. The van der Waals surface area contributed by atoms with Crippen LogP contribution in [0.15, 0.2) is 48.5 Å². The van der Waals surface area contributed by atoms with Gasteiger partial charge < -0.3 is 10.6 Å². The van der Waals surface area contributed by atoms with Crippen molar-refractivity contribution in [3.8, 4) is 11.1 Å². The Morgan fingerprint density at radius 1 is 1.04 bits per heavy atom. The fourth-order valence-corrected chi connectivity index (χ4v) is 2.92. The van der Waals surface area contributed by atoms with Gasteiger partial charge in [0, 0.05) is 18.2 Å². The van der Waals surface area contributed by atoms with Crippen LogP contribution in [-0.4, -0.2) is 41.3 Å². The second-order valence-electron chi connectivity index (χ2n) is 7.13. The van der Waals surface area contributed by atoms with E-state index >= 15 is 0 Å². The maximum Gasteiger partial charge on any atom is 0.341 e. The first-order valence-electron chi connectivity index (χ1n) is 9.81. The van der Waals surface area contributed by atoms with Crippen LogP contribution in [0.2, 0.25) is 0 Å². The summed E-state index contributed by atoms with van der Waals surface area (Å²) < 4.78 is 0. The largest absolute Gasteiger partial charge is 0.350 e. The molecular weight excluding hydrogens is 354 g/mol. The molecule has 0 saturated heterocycles. The lowest BCUT2D eigenvalue weighted by Crippen LogP contribution is -2.42. The van der Waals surface area contributed by atoms with Crippen LogP contribution < -0.4 is 10.6 Å². The minimum atomic E-state index is -0.522. The minimum Gasteiger partial charge on any atom is -0.350 e. The molecule has 3 N–H and O–H groups in total. The third-order valence-electron chi connectivity index (χ3n) is 4.72. The van der Waals surface area contributed by atoms with E-state index in [9.17, 15) is 14.8 Å². The summed E-state index contributed by atoms with van der Waals surface area (Å²) in [7, 11) is 0. The molecule has 3 rings (SSSR count). The van der Waals surface area contributed by atoms with Crippen LogP contribution >= 0.6 is 0 Å². The molecule has 1 aliphatic rings. The number of carbonyl (C=O) groups is 2. The van der Waals surface area contributed by atoms with Crippen molar-refractivity contribution in [2.24, 2.45) is 0 Å². The van der Waals surface area contributed by atoms with Gasteiger partial charge in [-0.2, -0.15) is 0 Å². The van der Waals surface area contributed by atoms with E-state index in [1.165, 1.54) is 5.56 Å². The highest BCUT2D eigenvalue weighted by Gasteiger charge is 2.25. The predicted octanol–water partition coefficient (Wildman–Crippen LogP) is 3.60. The van der Waals surface area contributed by atoms with Gasteiger partial charge in [-0.3, -0.25) is 10.0 Å². The number of benzene rings is 2. The Balaban J connectivity index is 1.48. The molecule has 0 unspecified atom stereocenters. The summed E-state index contributed by atoms with van der Waals surface area (Å²) >= 11 is 0. The van der Waals surface area contributed by atoms with Crippen molar-refractivity contribution in [1.82, 2.24) is 15.7 Å². The molecule has 6 nitrogen and oxygen atoms in total. The highest BCUT2D eigenvalue weighted by atomic mass is 16.5. The first-order valence-corrected chi connectivity index (χ1v) is 9.81. The van der Waals surface area contributed by atoms with Gasteiger partial charge >= 0.3 is 6.03 Å². The van der Waals surface area contributed by atoms with Gasteiger partial charge in [0.15, 0.2) is 0 Å². The fraction of sp³-hybridized carbons (Fsp3) is 0.364. The van der Waals surface area contributed by atoms with E-state index in [2.05, 4.69) is 41.8 Å². The maximum atomic E-state index is 12.2. The van der Waals surface area contributed by atoms with Crippen LogP contribution in [0.25, 0.3) is 11.1 Å². The highest BCUT2D eigenvalue weighted by molar-refractivity contribution is 5.94. The molecule has 148 valence electrons. The number of hydroxylamine groups is 2. The minimum absolute atomic E-state index is 0.0342. The van der Waals surface area contributed by atoms with Crippen LogP contribution in [0, 0.1) is 0 Å². The van der Waals surface area contributed by atoms with E-state index in [4.69, 9.17) is 0 Å². The van der Waals surface area contributed by atoms with Gasteiger partial charge in [0.2, 0.25) is 0 Å². The molecule has 3 amide bonds. The molecule has 6 heteroatoms. The molecule has 0 atom stereocenters. The van der Waals surface area contributed by atoms with E-state index in [0.717, 1.165) is 36.8 Å². The Hall–Kier alpha value is -2.86. The summed E-state index contributed by atoms with van der Waals surface area (Å²) in [6.07, 6.45) is 4.11. The zero-order valence-corrected chi connectivity index (χ0v) is 16.1. The van der Waals surface area contributed by atoms with E-state index in [0.29, 0.717) is 10.6 Å². The Bertz CT molecular complexity index is 799. The number of aryl methyl sites for hydroxylation is 1. The maximum absolute atomic E-state index is 12.2. The number of amides is 3. The molecule has 0 heterocycles. The van der Waals surface area contributed by atoms with Crippen molar-refractivity contribution in [2.45, 2.75) is 38.6 Å². The monoisotopic (exact) mass is 381 g/mol. The first kappa shape index (κ1) is 19.9. The van der Waals surface area contributed by atoms with Gasteiger partial charge in [0.1, 0.15) is 0 Å². The van der Waals surface area contributed by atoms with Crippen LogP contribution in [0.5, 0.6) is 0 Å². The SMILES string of the molecule is CCCc1ccc(-c2ccc(C(=O)NCCN(O)C(=O)NC3CC3)cc2)cc1. The van der Waals surface area contributed by atoms with Crippen molar-refractivity contribution >= 4 is 11.9 Å². The molecule has 1 saturated carbocycles. The lowest BCUT2D eigenvalue weighted by atomic mass is 10.0. The number of rotatable bonds is 8. The summed E-state index contributed by atoms with van der Waals surface area (Å²) in [6.45, 7) is 2.37. The normalized spacial score (nSPS) is 13.1. The molecule has 0 aliphatic heterocycles. The number of urea groups is 1. The third kappa shape index (κ3) is 5.57. The molecule has 0 bridgehead atoms. The van der Waals surface area contributed by atoms with Crippen molar-refractivity contribution < 1.29 is 14.8 Å². The number of nitrogens with one attached hydrogen (secondary N) is 2. The molecule has 1 fully saturated rings. The zero-order valence-electron chi connectivity index (χ0n) is 16.1. The molecule has 2 aromatic rings. The van der Waals surface area contributed by atoms with E-state index in [-0.39, 0.29) is 25.0 Å².